The molecule has 0 bridgehead atoms. The summed E-state index contributed by atoms with van der Waals surface area (Å²) in [4.78, 5) is 36.4. The third kappa shape index (κ3) is 5.92. The van der Waals surface area contributed by atoms with E-state index in [2.05, 4.69) is 20.1 Å². The topological polar surface area (TPSA) is 114 Å². The van der Waals surface area contributed by atoms with Gasteiger partial charge in [-0.05, 0) is 42.8 Å². The minimum Gasteiger partial charge on any atom is -0.456 e. The molecule has 1 fully saturated rings. The van der Waals surface area contributed by atoms with Crippen LogP contribution in [0, 0.1) is 0 Å². The van der Waals surface area contributed by atoms with Gasteiger partial charge in [0.05, 0.1) is 16.9 Å². The van der Waals surface area contributed by atoms with Crippen molar-refractivity contribution in [3.63, 3.8) is 0 Å². The third-order valence-electron chi connectivity index (χ3n) is 6.46. The summed E-state index contributed by atoms with van der Waals surface area (Å²) in [6.07, 6.45) is 4.31. The minimum absolute atomic E-state index is 0.0883. The first-order chi connectivity index (χ1) is 17.9. The van der Waals surface area contributed by atoms with Gasteiger partial charge in [-0.3, -0.25) is 24.6 Å². The van der Waals surface area contributed by atoms with E-state index in [1.54, 1.807) is 24.3 Å². The van der Waals surface area contributed by atoms with E-state index in [4.69, 9.17) is 14.5 Å². The SMILES string of the molecule is CC(=O)OCC(=O)N(C)C1CCN(Cc2ccc3cc(Oc4ccc(-c5ccn[nH]5)cn4)ccc3n2)C1. The Hall–Kier alpha value is -4.31. The van der Waals surface area contributed by atoms with E-state index < -0.39 is 5.97 Å². The molecule has 10 nitrogen and oxygen atoms in total. The largest absolute Gasteiger partial charge is 0.456 e. The van der Waals surface area contributed by atoms with Crippen molar-refractivity contribution < 1.29 is 19.1 Å². The first-order valence-corrected chi connectivity index (χ1v) is 12.1. The lowest BCUT2D eigenvalue weighted by atomic mass is 10.2. The number of hydrogen-bond acceptors (Lipinski definition) is 8. The quantitative estimate of drug-likeness (QED) is 0.366. The number of carbonyl (C=O) groups is 2. The summed E-state index contributed by atoms with van der Waals surface area (Å²) < 4.78 is 10.8. The molecule has 37 heavy (non-hydrogen) atoms. The van der Waals surface area contributed by atoms with E-state index >= 15 is 0 Å². The van der Waals surface area contributed by atoms with Crippen LogP contribution in [0.25, 0.3) is 22.2 Å². The normalized spacial score (nSPS) is 15.6. The number of fused-ring (bicyclic) bond motifs is 1. The van der Waals surface area contributed by atoms with Crippen LogP contribution in [0.15, 0.2) is 60.9 Å². The molecule has 0 spiro atoms. The smallest absolute Gasteiger partial charge is 0.303 e. The third-order valence-corrected chi connectivity index (χ3v) is 6.46. The standard InChI is InChI=1S/C27H28N6O4/c1-18(34)36-17-27(35)32(2)22-10-12-33(16-22)15-21-5-3-19-13-23(6-7-24(19)30-21)37-26-8-4-20(14-28-26)25-9-11-29-31-25/h3-9,11,13-14,22H,10,12,15-17H2,1-2H3,(H,29,31). The van der Waals surface area contributed by atoms with Crippen LogP contribution in [0.2, 0.25) is 0 Å². The number of rotatable bonds is 8. The first-order valence-electron chi connectivity index (χ1n) is 12.1. The second kappa shape index (κ2) is 10.8. The van der Waals surface area contributed by atoms with Gasteiger partial charge in [-0.25, -0.2) is 4.98 Å². The van der Waals surface area contributed by atoms with E-state index in [-0.39, 0.29) is 18.6 Å². The molecule has 0 saturated carbocycles. The Morgan fingerprint density at radius 2 is 2.05 bits per heavy atom. The summed E-state index contributed by atoms with van der Waals surface area (Å²) in [5.74, 6) is 0.556. The molecular formula is C27H28N6O4. The molecule has 0 radical (unpaired) electrons. The van der Waals surface area contributed by atoms with Crippen LogP contribution in [0.5, 0.6) is 11.6 Å². The molecule has 1 N–H and O–H groups in total. The van der Waals surface area contributed by atoms with Gasteiger partial charge >= 0.3 is 5.97 Å². The zero-order valence-corrected chi connectivity index (χ0v) is 20.8. The number of ether oxygens (including phenoxy) is 2. The molecule has 1 aliphatic heterocycles. The van der Waals surface area contributed by atoms with Crippen LogP contribution in [0.4, 0.5) is 0 Å². The van der Waals surface area contributed by atoms with Gasteiger partial charge in [0.25, 0.3) is 5.91 Å². The summed E-state index contributed by atoms with van der Waals surface area (Å²) in [5.41, 5.74) is 3.68. The van der Waals surface area contributed by atoms with E-state index in [0.717, 1.165) is 47.4 Å². The maximum atomic E-state index is 12.3. The Labute approximate surface area is 214 Å². The summed E-state index contributed by atoms with van der Waals surface area (Å²) >= 11 is 0. The van der Waals surface area contributed by atoms with Crippen molar-refractivity contribution in [3.8, 4) is 22.9 Å². The molecule has 190 valence electrons. The summed E-state index contributed by atoms with van der Waals surface area (Å²) in [5, 5.41) is 7.85. The number of benzene rings is 1. The maximum Gasteiger partial charge on any atom is 0.303 e. The van der Waals surface area contributed by atoms with Gasteiger partial charge in [-0.1, -0.05) is 6.07 Å². The van der Waals surface area contributed by atoms with E-state index in [1.165, 1.54) is 6.92 Å². The van der Waals surface area contributed by atoms with E-state index in [9.17, 15) is 9.59 Å². The number of nitrogens with zero attached hydrogens (tertiary/aromatic N) is 5. The predicted octanol–water partition coefficient (Wildman–Crippen LogP) is 3.41. The number of hydrogen-bond donors (Lipinski definition) is 1. The van der Waals surface area contributed by atoms with Crippen molar-refractivity contribution in [2.45, 2.75) is 25.9 Å². The predicted molar refractivity (Wildman–Crippen MR) is 137 cm³/mol. The van der Waals surface area contributed by atoms with Crippen LogP contribution in [-0.4, -0.2) is 74.6 Å². The lowest BCUT2D eigenvalue weighted by molar-refractivity contribution is -0.150. The van der Waals surface area contributed by atoms with Crippen molar-refractivity contribution in [1.82, 2.24) is 30.0 Å². The Morgan fingerprint density at radius 3 is 2.81 bits per heavy atom. The highest BCUT2D eigenvalue weighted by Crippen LogP contribution is 2.26. The molecule has 0 aliphatic carbocycles. The fraction of sp³-hybridized carbons (Fsp3) is 0.296. The highest BCUT2D eigenvalue weighted by molar-refractivity contribution is 5.81. The minimum atomic E-state index is -0.451. The summed E-state index contributed by atoms with van der Waals surface area (Å²) in [7, 11) is 1.76. The molecular weight excluding hydrogens is 472 g/mol. The first kappa shape index (κ1) is 24.4. The van der Waals surface area contributed by atoms with Gasteiger partial charge < -0.3 is 14.4 Å². The Bertz CT molecular complexity index is 1390. The number of pyridine rings is 2. The van der Waals surface area contributed by atoms with Crippen LogP contribution >= 0.6 is 0 Å². The average Bonchev–Trinajstić information content (AvgIpc) is 3.60. The molecule has 1 saturated heterocycles. The van der Waals surface area contributed by atoms with Gasteiger partial charge in [-0.2, -0.15) is 5.10 Å². The highest BCUT2D eigenvalue weighted by Gasteiger charge is 2.28. The average molecular weight is 501 g/mol. The Kier molecular flexibility index (Phi) is 7.09. The van der Waals surface area contributed by atoms with Crippen LogP contribution < -0.4 is 4.74 Å². The molecule has 1 amide bonds. The molecule has 4 aromatic rings. The van der Waals surface area contributed by atoms with Gasteiger partial charge in [0.1, 0.15) is 5.75 Å². The van der Waals surface area contributed by atoms with Crippen LogP contribution in [-0.2, 0) is 20.9 Å². The summed E-state index contributed by atoms with van der Waals surface area (Å²) in [6, 6.07) is 15.6. The van der Waals surface area contributed by atoms with Crippen molar-refractivity contribution in [2.75, 3.05) is 26.7 Å². The fourth-order valence-corrected chi connectivity index (χ4v) is 4.40. The summed E-state index contributed by atoms with van der Waals surface area (Å²) in [6.45, 7) is 3.40. The zero-order chi connectivity index (χ0) is 25.8. The van der Waals surface area contributed by atoms with Gasteiger partial charge in [-0.15, -0.1) is 0 Å². The van der Waals surface area contributed by atoms with E-state index in [0.29, 0.717) is 18.2 Å². The van der Waals surface area contributed by atoms with Crippen LogP contribution in [0.3, 0.4) is 0 Å². The number of likely N-dealkylation sites (N-methyl/N-ethyl adjacent to an activating group) is 1. The molecule has 1 unspecified atom stereocenters. The molecule has 5 rings (SSSR count). The number of likely N-dealkylation sites (tertiary alicyclic amines) is 1. The van der Waals surface area contributed by atoms with Crippen LogP contribution in [0.1, 0.15) is 19.0 Å². The van der Waals surface area contributed by atoms with Crippen molar-refractivity contribution in [3.05, 3.63) is 66.6 Å². The number of H-pyrrole nitrogens is 1. The molecule has 10 heteroatoms. The molecule has 3 aromatic heterocycles. The monoisotopic (exact) mass is 500 g/mol. The maximum absolute atomic E-state index is 12.3. The van der Waals surface area contributed by atoms with Gasteiger partial charge in [0, 0.05) is 69.1 Å². The second-order valence-corrected chi connectivity index (χ2v) is 9.08. The van der Waals surface area contributed by atoms with Crippen molar-refractivity contribution in [1.29, 1.82) is 0 Å². The molecule has 1 aliphatic rings. The van der Waals surface area contributed by atoms with Gasteiger partial charge in [0.2, 0.25) is 5.88 Å². The fourth-order valence-electron chi connectivity index (χ4n) is 4.40. The Morgan fingerprint density at radius 1 is 1.16 bits per heavy atom. The van der Waals surface area contributed by atoms with Crippen molar-refractivity contribution in [2.24, 2.45) is 0 Å². The number of aromatic nitrogens is 4. The lowest BCUT2D eigenvalue weighted by Gasteiger charge is -2.24. The second-order valence-electron chi connectivity index (χ2n) is 9.08. The Balaban J connectivity index is 1.18. The number of nitrogens with one attached hydrogen (secondary N) is 1. The number of amides is 1. The molecule has 4 heterocycles. The number of esters is 1. The lowest BCUT2D eigenvalue weighted by Crippen LogP contribution is -2.41. The van der Waals surface area contributed by atoms with Gasteiger partial charge in [0.15, 0.2) is 6.61 Å². The highest BCUT2D eigenvalue weighted by atomic mass is 16.5. The molecule has 1 atom stereocenters. The molecule has 1 aromatic carbocycles. The number of aromatic amines is 1. The van der Waals surface area contributed by atoms with E-state index in [1.807, 2.05) is 48.5 Å². The van der Waals surface area contributed by atoms with Crippen molar-refractivity contribution >= 4 is 22.8 Å². The zero-order valence-electron chi connectivity index (χ0n) is 20.8. The number of carbonyl (C=O) groups excluding carboxylic acids is 2.